The van der Waals surface area contributed by atoms with E-state index in [1.54, 1.807) is 56.6 Å². The summed E-state index contributed by atoms with van der Waals surface area (Å²) in [6, 6.07) is 11.7. The number of nitrogens with zero attached hydrogens (tertiary/aromatic N) is 2. The van der Waals surface area contributed by atoms with Crippen molar-refractivity contribution in [2.75, 3.05) is 12.8 Å². The van der Waals surface area contributed by atoms with E-state index in [2.05, 4.69) is 0 Å². The summed E-state index contributed by atoms with van der Waals surface area (Å²) in [5.74, 6) is 0.245. The van der Waals surface area contributed by atoms with Crippen LogP contribution in [0.15, 0.2) is 47.3 Å². The number of carbonyl (C=O) groups is 1. The van der Waals surface area contributed by atoms with Gasteiger partial charge in [0, 0.05) is 18.3 Å². The third-order valence-corrected chi connectivity index (χ3v) is 3.62. The van der Waals surface area contributed by atoms with Crippen molar-refractivity contribution in [3.05, 3.63) is 58.5 Å². The minimum atomic E-state index is -0.401. The van der Waals surface area contributed by atoms with Gasteiger partial charge >= 0.3 is 5.69 Å². The molecular weight excluding hydrogens is 282 g/mol. The molecule has 112 valence electrons. The van der Waals surface area contributed by atoms with E-state index in [1.807, 2.05) is 0 Å². The molecule has 0 bridgehead atoms. The topological polar surface area (TPSA) is 79.2 Å². The highest BCUT2D eigenvalue weighted by Crippen LogP contribution is 2.18. The van der Waals surface area contributed by atoms with Crippen LogP contribution in [0.5, 0.6) is 5.75 Å². The number of rotatable bonds is 2. The molecule has 0 saturated heterocycles. The second-order valence-corrected chi connectivity index (χ2v) is 4.96. The molecule has 6 heteroatoms. The van der Waals surface area contributed by atoms with Gasteiger partial charge in [0.05, 0.1) is 18.1 Å². The Morgan fingerprint density at radius 1 is 1.09 bits per heavy atom. The van der Waals surface area contributed by atoms with Gasteiger partial charge in [-0.1, -0.05) is 0 Å². The van der Waals surface area contributed by atoms with Crippen LogP contribution >= 0.6 is 0 Å². The molecule has 0 fully saturated rings. The Hall–Kier alpha value is -3.02. The first-order valence-corrected chi connectivity index (χ1v) is 6.68. The minimum Gasteiger partial charge on any atom is -0.497 e. The quantitative estimate of drug-likeness (QED) is 0.729. The Balaban J connectivity index is 2.20. The standard InChI is InChI=1S/C16H15N3O3/c1-18-13-8-5-11(17)9-14(13)19(16(18)21)15(20)10-3-6-12(22-2)7-4-10/h3-9H,17H2,1-2H3. The zero-order valence-electron chi connectivity index (χ0n) is 12.2. The predicted octanol–water partition coefficient (Wildman–Crippen LogP) is 1.62. The van der Waals surface area contributed by atoms with Crippen LogP contribution in [-0.2, 0) is 7.05 Å². The summed E-state index contributed by atoms with van der Waals surface area (Å²) in [5.41, 5.74) is 7.42. The number of fused-ring (bicyclic) bond motifs is 1. The van der Waals surface area contributed by atoms with Crippen molar-refractivity contribution in [2.45, 2.75) is 0 Å². The van der Waals surface area contributed by atoms with Crippen molar-refractivity contribution in [2.24, 2.45) is 7.05 Å². The summed E-state index contributed by atoms with van der Waals surface area (Å²) in [7, 11) is 3.17. The highest BCUT2D eigenvalue weighted by molar-refractivity contribution is 6.01. The van der Waals surface area contributed by atoms with Crippen molar-refractivity contribution >= 4 is 22.6 Å². The van der Waals surface area contributed by atoms with Crippen LogP contribution in [0.4, 0.5) is 5.69 Å². The Morgan fingerprint density at radius 2 is 1.77 bits per heavy atom. The van der Waals surface area contributed by atoms with Gasteiger partial charge < -0.3 is 10.5 Å². The van der Waals surface area contributed by atoms with Crippen molar-refractivity contribution in [3.63, 3.8) is 0 Å². The van der Waals surface area contributed by atoms with Crippen molar-refractivity contribution < 1.29 is 9.53 Å². The number of hydrogen-bond acceptors (Lipinski definition) is 4. The molecule has 3 aromatic rings. The second kappa shape index (κ2) is 5.07. The highest BCUT2D eigenvalue weighted by Gasteiger charge is 2.18. The van der Waals surface area contributed by atoms with Gasteiger partial charge in [0.25, 0.3) is 5.91 Å². The zero-order valence-corrected chi connectivity index (χ0v) is 12.2. The number of aromatic nitrogens is 2. The lowest BCUT2D eigenvalue weighted by Gasteiger charge is -2.04. The number of hydrogen-bond donors (Lipinski definition) is 1. The molecule has 1 aromatic heterocycles. The van der Waals surface area contributed by atoms with Gasteiger partial charge in [-0.25, -0.2) is 9.36 Å². The molecule has 1 heterocycles. The van der Waals surface area contributed by atoms with Crippen LogP contribution in [0.25, 0.3) is 11.0 Å². The fourth-order valence-electron chi connectivity index (χ4n) is 2.42. The molecule has 6 nitrogen and oxygen atoms in total. The summed E-state index contributed by atoms with van der Waals surface area (Å²) in [4.78, 5) is 25.1. The summed E-state index contributed by atoms with van der Waals surface area (Å²) >= 11 is 0. The SMILES string of the molecule is COc1ccc(C(=O)n2c(=O)n(C)c3ccc(N)cc32)cc1. The molecule has 0 aliphatic carbocycles. The van der Waals surface area contributed by atoms with E-state index < -0.39 is 11.6 Å². The van der Waals surface area contributed by atoms with E-state index in [4.69, 9.17) is 10.5 Å². The van der Waals surface area contributed by atoms with E-state index in [0.717, 1.165) is 4.57 Å². The fraction of sp³-hybridized carbons (Fsp3) is 0.125. The average Bonchev–Trinajstić information content (AvgIpc) is 2.78. The van der Waals surface area contributed by atoms with E-state index in [-0.39, 0.29) is 0 Å². The van der Waals surface area contributed by atoms with Crippen molar-refractivity contribution in [1.29, 1.82) is 0 Å². The molecule has 0 spiro atoms. The van der Waals surface area contributed by atoms with Gasteiger partial charge in [-0.05, 0) is 42.5 Å². The Labute approximate surface area is 126 Å². The van der Waals surface area contributed by atoms with Crippen LogP contribution < -0.4 is 16.2 Å². The van der Waals surface area contributed by atoms with Gasteiger partial charge in [0.1, 0.15) is 5.75 Å². The second-order valence-electron chi connectivity index (χ2n) is 4.96. The van der Waals surface area contributed by atoms with Crippen LogP contribution in [0.2, 0.25) is 0 Å². The average molecular weight is 297 g/mol. The summed E-state index contributed by atoms with van der Waals surface area (Å²) in [5, 5.41) is 0. The summed E-state index contributed by atoms with van der Waals surface area (Å²) < 4.78 is 7.63. The molecule has 2 aromatic carbocycles. The van der Waals surface area contributed by atoms with Crippen LogP contribution in [-0.4, -0.2) is 22.2 Å². The Morgan fingerprint density at radius 3 is 2.41 bits per heavy atom. The molecule has 0 aliphatic heterocycles. The van der Waals surface area contributed by atoms with Gasteiger partial charge in [0.2, 0.25) is 0 Å². The summed E-state index contributed by atoms with van der Waals surface area (Å²) in [6.07, 6.45) is 0. The van der Waals surface area contributed by atoms with E-state index in [0.29, 0.717) is 28.0 Å². The number of methoxy groups -OCH3 is 1. The first kappa shape index (κ1) is 13.9. The number of nitrogens with two attached hydrogens (primary N) is 1. The van der Waals surface area contributed by atoms with Crippen LogP contribution in [0, 0.1) is 0 Å². The number of aryl methyl sites for hydroxylation is 1. The molecule has 0 unspecified atom stereocenters. The molecule has 0 radical (unpaired) electrons. The molecule has 2 N–H and O–H groups in total. The molecule has 0 amide bonds. The zero-order chi connectivity index (χ0) is 15.9. The van der Waals surface area contributed by atoms with Crippen LogP contribution in [0.3, 0.4) is 0 Å². The largest absolute Gasteiger partial charge is 0.497 e. The lowest BCUT2D eigenvalue weighted by Crippen LogP contribution is -2.28. The smallest absolute Gasteiger partial charge is 0.335 e. The number of anilines is 1. The first-order chi connectivity index (χ1) is 10.5. The maximum absolute atomic E-state index is 12.7. The number of carbonyl (C=O) groups excluding carboxylic acids is 1. The third kappa shape index (κ3) is 2.05. The fourth-order valence-corrected chi connectivity index (χ4v) is 2.42. The Bertz CT molecular complexity index is 920. The Kier molecular flexibility index (Phi) is 3.21. The van der Waals surface area contributed by atoms with E-state index in [1.165, 1.54) is 4.57 Å². The van der Waals surface area contributed by atoms with E-state index in [9.17, 15) is 9.59 Å². The number of ether oxygens (including phenoxy) is 1. The van der Waals surface area contributed by atoms with Gasteiger partial charge in [0.15, 0.2) is 0 Å². The number of benzene rings is 2. The first-order valence-electron chi connectivity index (χ1n) is 6.68. The maximum Gasteiger partial charge on any atom is 0.335 e. The molecule has 0 atom stereocenters. The summed E-state index contributed by atoms with van der Waals surface area (Å²) in [6.45, 7) is 0. The molecule has 22 heavy (non-hydrogen) atoms. The lowest BCUT2D eigenvalue weighted by molar-refractivity contribution is 0.0960. The van der Waals surface area contributed by atoms with Crippen molar-refractivity contribution in [1.82, 2.24) is 9.13 Å². The number of imidazole rings is 1. The molecule has 0 aliphatic rings. The van der Waals surface area contributed by atoms with Crippen molar-refractivity contribution in [3.8, 4) is 5.75 Å². The maximum atomic E-state index is 12.7. The van der Waals surface area contributed by atoms with Gasteiger partial charge in [-0.15, -0.1) is 0 Å². The molecular formula is C16H15N3O3. The lowest BCUT2D eigenvalue weighted by atomic mass is 10.2. The van der Waals surface area contributed by atoms with Crippen LogP contribution in [0.1, 0.15) is 10.4 Å². The predicted molar refractivity (Wildman–Crippen MR) is 84.3 cm³/mol. The molecule has 0 saturated carbocycles. The third-order valence-electron chi connectivity index (χ3n) is 3.62. The highest BCUT2D eigenvalue weighted by atomic mass is 16.5. The van der Waals surface area contributed by atoms with Gasteiger partial charge in [-0.3, -0.25) is 9.36 Å². The molecule has 3 rings (SSSR count). The minimum absolute atomic E-state index is 0.399. The number of nitrogen functional groups attached to an aromatic ring is 1. The van der Waals surface area contributed by atoms with E-state index >= 15 is 0 Å². The monoisotopic (exact) mass is 297 g/mol. The van der Waals surface area contributed by atoms with Gasteiger partial charge in [-0.2, -0.15) is 0 Å². The normalized spacial score (nSPS) is 10.8.